The Morgan fingerprint density at radius 3 is 1.20 bits per heavy atom. The molecule has 11 rings (SSSR count). The molecule has 0 radical (unpaired) electrons. The molecule has 1 spiro atoms. The van der Waals surface area contributed by atoms with Crippen LogP contribution in [-0.2, 0) is 5.41 Å². The minimum absolute atomic E-state index is 0.569. The fourth-order valence-electron chi connectivity index (χ4n) is 8.94. The summed E-state index contributed by atoms with van der Waals surface area (Å²) in [5, 5.41) is 0. The molecular formula is C52H34N4. The molecule has 4 nitrogen and oxygen atoms in total. The van der Waals surface area contributed by atoms with Gasteiger partial charge in [-0.3, -0.25) is 0 Å². The maximum atomic E-state index is 5.15. The van der Waals surface area contributed by atoms with Gasteiger partial charge >= 0.3 is 0 Å². The van der Waals surface area contributed by atoms with Crippen LogP contribution in [0.5, 0.6) is 0 Å². The van der Waals surface area contributed by atoms with Crippen LogP contribution in [0.4, 0.5) is 17.1 Å². The van der Waals surface area contributed by atoms with Crippen molar-refractivity contribution in [2.45, 2.75) is 5.41 Å². The fourth-order valence-corrected chi connectivity index (χ4v) is 8.94. The SMILES string of the molecule is c1ccc(-c2nc(-c3ccccc3)nc(-c3ccc4c(c3)C3(c5ccccc5-c5ccccc53)c3cc(N(c5ccccc5)c5ccccc5)ccc3-4)n2)cc1. The van der Waals surface area contributed by atoms with Crippen LogP contribution in [0.3, 0.4) is 0 Å². The van der Waals surface area contributed by atoms with Crippen molar-refractivity contribution in [3.8, 4) is 56.4 Å². The molecule has 0 fully saturated rings. The van der Waals surface area contributed by atoms with Crippen LogP contribution in [0, 0.1) is 0 Å². The van der Waals surface area contributed by atoms with E-state index < -0.39 is 5.41 Å². The first-order valence-corrected chi connectivity index (χ1v) is 19.0. The van der Waals surface area contributed by atoms with Crippen molar-refractivity contribution in [1.29, 1.82) is 0 Å². The summed E-state index contributed by atoms with van der Waals surface area (Å²) in [5.74, 6) is 1.94. The standard InChI is InChI=1S/C52H34N4/c1-5-17-35(18-6-1)49-53-50(36-19-7-2-8-20-36)55-51(54-49)37-29-31-43-44-32-30-40(56(38-21-9-3-10-22-38)39-23-11-4-12-24-39)34-48(44)52(47(43)33-37)45-27-15-13-25-41(45)42-26-14-16-28-46(42)52/h1-34H. The lowest BCUT2D eigenvalue weighted by Gasteiger charge is -2.32. The van der Waals surface area contributed by atoms with E-state index in [1.165, 1.54) is 44.5 Å². The highest BCUT2D eigenvalue weighted by molar-refractivity contribution is 5.97. The molecule has 0 aliphatic heterocycles. The van der Waals surface area contributed by atoms with Crippen LogP contribution in [0.2, 0.25) is 0 Å². The molecule has 0 bridgehead atoms. The molecule has 9 aromatic rings. The van der Waals surface area contributed by atoms with Gasteiger partial charge in [0, 0.05) is 33.8 Å². The molecule has 0 atom stereocenters. The Kier molecular flexibility index (Phi) is 7.36. The van der Waals surface area contributed by atoms with E-state index in [9.17, 15) is 0 Å². The largest absolute Gasteiger partial charge is 0.310 e. The van der Waals surface area contributed by atoms with Crippen LogP contribution in [0.1, 0.15) is 22.3 Å². The Hall–Kier alpha value is -7.43. The summed E-state index contributed by atoms with van der Waals surface area (Å²) < 4.78 is 0. The summed E-state index contributed by atoms with van der Waals surface area (Å²) >= 11 is 0. The summed E-state index contributed by atoms with van der Waals surface area (Å²) in [5.41, 5.74) is 15.6. The minimum Gasteiger partial charge on any atom is -0.310 e. The van der Waals surface area contributed by atoms with Gasteiger partial charge in [0.15, 0.2) is 17.5 Å². The van der Waals surface area contributed by atoms with Crippen LogP contribution >= 0.6 is 0 Å². The highest BCUT2D eigenvalue weighted by Gasteiger charge is 2.52. The van der Waals surface area contributed by atoms with Crippen molar-refractivity contribution in [3.05, 3.63) is 229 Å². The third kappa shape index (κ3) is 4.89. The second-order valence-electron chi connectivity index (χ2n) is 14.4. The van der Waals surface area contributed by atoms with Crippen LogP contribution in [0.25, 0.3) is 56.4 Å². The number of nitrogens with zero attached hydrogens (tertiary/aromatic N) is 4. The summed E-state index contributed by atoms with van der Waals surface area (Å²) in [4.78, 5) is 17.6. The molecule has 0 amide bonds. The summed E-state index contributed by atoms with van der Waals surface area (Å²) in [6.07, 6.45) is 0. The maximum absolute atomic E-state index is 5.15. The molecule has 4 heteroatoms. The minimum atomic E-state index is -0.569. The van der Waals surface area contributed by atoms with E-state index in [-0.39, 0.29) is 0 Å². The van der Waals surface area contributed by atoms with Gasteiger partial charge in [0.05, 0.1) is 5.41 Å². The predicted molar refractivity (Wildman–Crippen MR) is 227 cm³/mol. The smallest absolute Gasteiger partial charge is 0.164 e. The number of hydrogen-bond donors (Lipinski definition) is 0. The average Bonchev–Trinajstić information content (AvgIpc) is 3.74. The first-order chi connectivity index (χ1) is 27.8. The number of fused-ring (bicyclic) bond motifs is 10. The van der Waals surface area contributed by atoms with E-state index in [2.05, 4.69) is 175 Å². The Labute approximate surface area is 326 Å². The van der Waals surface area contributed by atoms with Crippen molar-refractivity contribution >= 4 is 17.1 Å². The normalized spacial score (nSPS) is 12.8. The summed E-state index contributed by atoms with van der Waals surface area (Å²) in [6, 6.07) is 73.4. The molecule has 0 saturated heterocycles. The molecule has 2 aliphatic rings. The quantitative estimate of drug-likeness (QED) is 0.172. The van der Waals surface area contributed by atoms with Gasteiger partial charge in [-0.15, -0.1) is 0 Å². The van der Waals surface area contributed by atoms with Gasteiger partial charge in [0.1, 0.15) is 0 Å². The fraction of sp³-hybridized carbons (Fsp3) is 0.0192. The van der Waals surface area contributed by atoms with E-state index in [1.54, 1.807) is 0 Å². The lowest BCUT2D eigenvalue weighted by Crippen LogP contribution is -2.26. The molecule has 1 aromatic heterocycles. The summed E-state index contributed by atoms with van der Waals surface area (Å²) in [7, 11) is 0. The van der Waals surface area contributed by atoms with Crippen molar-refractivity contribution in [1.82, 2.24) is 15.0 Å². The van der Waals surface area contributed by atoms with E-state index in [4.69, 9.17) is 15.0 Å². The Morgan fingerprint density at radius 2 is 0.679 bits per heavy atom. The lowest BCUT2D eigenvalue weighted by atomic mass is 9.70. The van der Waals surface area contributed by atoms with E-state index in [0.717, 1.165) is 33.8 Å². The number of benzene rings is 8. The van der Waals surface area contributed by atoms with E-state index in [1.807, 2.05) is 36.4 Å². The van der Waals surface area contributed by atoms with Crippen molar-refractivity contribution in [2.24, 2.45) is 0 Å². The van der Waals surface area contributed by atoms with Gasteiger partial charge < -0.3 is 4.90 Å². The monoisotopic (exact) mass is 714 g/mol. The highest BCUT2D eigenvalue weighted by Crippen LogP contribution is 2.63. The van der Waals surface area contributed by atoms with E-state index >= 15 is 0 Å². The van der Waals surface area contributed by atoms with Crippen molar-refractivity contribution in [3.63, 3.8) is 0 Å². The first-order valence-electron chi connectivity index (χ1n) is 19.0. The topological polar surface area (TPSA) is 41.9 Å². The number of aromatic nitrogens is 3. The van der Waals surface area contributed by atoms with Gasteiger partial charge in [-0.05, 0) is 87.0 Å². The predicted octanol–water partition coefficient (Wildman–Crippen LogP) is 12.7. The number of para-hydroxylation sites is 2. The van der Waals surface area contributed by atoms with Gasteiger partial charge in [-0.25, -0.2) is 15.0 Å². The second kappa shape index (κ2) is 12.9. The zero-order valence-corrected chi connectivity index (χ0v) is 30.4. The van der Waals surface area contributed by atoms with Crippen LogP contribution in [0.15, 0.2) is 206 Å². The Morgan fingerprint density at radius 1 is 0.286 bits per heavy atom. The third-order valence-electron chi connectivity index (χ3n) is 11.3. The number of rotatable bonds is 6. The first kappa shape index (κ1) is 32.0. The zero-order valence-electron chi connectivity index (χ0n) is 30.4. The molecule has 2 aliphatic carbocycles. The highest BCUT2D eigenvalue weighted by atomic mass is 15.1. The van der Waals surface area contributed by atoms with Gasteiger partial charge in [0.25, 0.3) is 0 Å². The molecular weight excluding hydrogens is 681 g/mol. The number of anilines is 3. The molecule has 0 saturated carbocycles. The average molecular weight is 715 g/mol. The lowest BCUT2D eigenvalue weighted by molar-refractivity contribution is 0.793. The molecule has 56 heavy (non-hydrogen) atoms. The Balaban J connectivity index is 1.17. The van der Waals surface area contributed by atoms with Crippen molar-refractivity contribution < 1.29 is 0 Å². The second-order valence-corrected chi connectivity index (χ2v) is 14.4. The van der Waals surface area contributed by atoms with Crippen molar-refractivity contribution in [2.75, 3.05) is 4.90 Å². The molecule has 0 unspecified atom stereocenters. The van der Waals surface area contributed by atoms with Gasteiger partial charge in [-0.2, -0.15) is 0 Å². The third-order valence-corrected chi connectivity index (χ3v) is 11.3. The van der Waals surface area contributed by atoms with Gasteiger partial charge in [0.2, 0.25) is 0 Å². The maximum Gasteiger partial charge on any atom is 0.164 e. The molecule has 0 N–H and O–H groups in total. The zero-order chi connectivity index (χ0) is 37.1. The molecule has 1 heterocycles. The molecule has 8 aromatic carbocycles. The van der Waals surface area contributed by atoms with Gasteiger partial charge in [-0.1, -0.05) is 164 Å². The summed E-state index contributed by atoms with van der Waals surface area (Å²) in [6.45, 7) is 0. The molecule has 262 valence electrons. The van der Waals surface area contributed by atoms with Crippen LogP contribution in [-0.4, -0.2) is 15.0 Å². The Bertz CT molecular complexity index is 2770. The van der Waals surface area contributed by atoms with E-state index in [0.29, 0.717) is 17.5 Å². The number of hydrogen-bond acceptors (Lipinski definition) is 4. The van der Waals surface area contributed by atoms with Crippen LogP contribution < -0.4 is 4.90 Å².